The number of aryl methyl sites for hydroxylation is 1. The van der Waals surface area contributed by atoms with Crippen LogP contribution in [-0.2, 0) is 0 Å². The van der Waals surface area contributed by atoms with Crippen LogP contribution >= 0.6 is 0 Å². The van der Waals surface area contributed by atoms with Crippen LogP contribution in [0.4, 0.5) is 11.4 Å². The number of hydrogen-bond acceptors (Lipinski definition) is 6. The standard InChI is InChI=1S/C19H14N6O3/c1-12-21-22-18-10-9-17(23-24(12)18)14-3-2-4-15(11-14)20-19(26)13-5-7-16(8-6-13)25(27)28/h2-11H,1H3,(H,20,26). The molecule has 9 heteroatoms. The van der Waals surface area contributed by atoms with Gasteiger partial charge in [-0.15, -0.1) is 10.2 Å². The van der Waals surface area contributed by atoms with Crippen molar-refractivity contribution in [1.29, 1.82) is 0 Å². The maximum atomic E-state index is 12.4. The van der Waals surface area contributed by atoms with Crippen molar-refractivity contribution in [3.8, 4) is 11.3 Å². The number of non-ortho nitro benzene ring substituents is 1. The quantitative estimate of drug-likeness (QED) is 0.433. The van der Waals surface area contributed by atoms with E-state index in [1.54, 1.807) is 16.6 Å². The van der Waals surface area contributed by atoms with Crippen molar-refractivity contribution < 1.29 is 9.72 Å². The van der Waals surface area contributed by atoms with Gasteiger partial charge < -0.3 is 5.32 Å². The third-order valence-corrected chi connectivity index (χ3v) is 4.18. The Morgan fingerprint density at radius 1 is 1.07 bits per heavy atom. The Bertz CT molecular complexity index is 1200. The molecule has 0 radical (unpaired) electrons. The molecule has 0 aliphatic heterocycles. The van der Waals surface area contributed by atoms with Crippen molar-refractivity contribution in [3.05, 3.63) is 82.2 Å². The topological polar surface area (TPSA) is 115 Å². The third kappa shape index (κ3) is 3.28. The Morgan fingerprint density at radius 2 is 1.86 bits per heavy atom. The Kier molecular flexibility index (Phi) is 4.24. The second-order valence-electron chi connectivity index (χ2n) is 6.07. The second-order valence-corrected chi connectivity index (χ2v) is 6.07. The molecule has 0 saturated carbocycles. The van der Waals surface area contributed by atoms with Gasteiger partial charge in [0.1, 0.15) is 0 Å². The molecule has 9 nitrogen and oxygen atoms in total. The Labute approximate surface area is 158 Å². The number of amides is 1. The van der Waals surface area contributed by atoms with Gasteiger partial charge in [-0.1, -0.05) is 12.1 Å². The van der Waals surface area contributed by atoms with Crippen LogP contribution in [0, 0.1) is 17.0 Å². The first-order chi connectivity index (χ1) is 13.5. The lowest BCUT2D eigenvalue weighted by atomic mass is 10.1. The molecule has 138 valence electrons. The van der Waals surface area contributed by atoms with Crippen LogP contribution < -0.4 is 5.32 Å². The van der Waals surface area contributed by atoms with Crippen molar-refractivity contribution in [2.45, 2.75) is 6.92 Å². The molecule has 2 heterocycles. The lowest BCUT2D eigenvalue weighted by Gasteiger charge is -2.08. The predicted octanol–water partition coefficient (Wildman–Crippen LogP) is 3.26. The molecule has 0 aliphatic carbocycles. The number of anilines is 1. The van der Waals surface area contributed by atoms with E-state index in [0.29, 0.717) is 28.4 Å². The SMILES string of the molecule is Cc1nnc2ccc(-c3cccc(NC(=O)c4ccc([N+](=O)[O-])cc4)c3)nn12. The van der Waals surface area contributed by atoms with Crippen LogP contribution in [0.1, 0.15) is 16.2 Å². The third-order valence-electron chi connectivity index (χ3n) is 4.18. The van der Waals surface area contributed by atoms with Gasteiger partial charge >= 0.3 is 0 Å². The number of fused-ring (bicyclic) bond motifs is 1. The van der Waals surface area contributed by atoms with Crippen molar-refractivity contribution >= 4 is 22.9 Å². The molecular weight excluding hydrogens is 360 g/mol. The van der Waals surface area contributed by atoms with Crippen LogP contribution in [0.5, 0.6) is 0 Å². The van der Waals surface area contributed by atoms with E-state index in [9.17, 15) is 14.9 Å². The van der Waals surface area contributed by atoms with Gasteiger partial charge in [-0.2, -0.15) is 9.61 Å². The minimum absolute atomic E-state index is 0.0655. The van der Waals surface area contributed by atoms with E-state index in [2.05, 4.69) is 20.6 Å². The van der Waals surface area contributed by atoms with Gasteiger partial charge in [0.15, 0.2) is 11.5 Å². The van der Waals surface area contributed by atoms with Gasteiger partial charge in [0.25, 0.3) is 11.6 Å². The minimum atomic E-state index is -0.507. The zero-order valence-electron chi connectivity index (χ0n) is 14.7. The summed E-state index contributed by atoms with van der Waals surface area (Å²) in [5, 5.41) is 26.0. The van der Waals surface area contributed by atoms with Crippen LogP contribution in [0.2, 0.25) is 0 Å². The van der Waals surface area contributed by atoms with Gasteiger partial charge in [0, 0.05) is 28.9 Å². The van der Waals surface area contributed by atoms with E-state index in [1.807, 2.05) is 31.2 Å². The van der Waals surface area contributed by atoms with Crippen molar-refractivity contribution in [2.75, 3.05) is 5.32 Å². The summed E-state index contributed by atoms with van der Waals surface area (Å²) in [6.45, 7) is 1.82. The normalized spacial score (nSPS) is 10.8. The molecule has 0 unspecified atom stereocenters. The molecule has 4 rings (SSSR count). The highest BCUT2D eigenvalue weighted by molar-refractivity contribution is 6.04. The Hall–Kier alpha value is -4.14. The van der Waals surface area contributed by atoms with E-state index >= 15 is 0 Å². The number of nitrogens with one attached hydrogen (secondary N) is 1. The molecule has 0 aliphatic rings. The molecule has 2 aromatic heterocycles. The van der Waals surface area contributed by atoms with Gasteiger partial charge in [-0.25, -0.2) is 0 Å². The smallest absolute Gasteiger partial charge is 0.269 e. The highest BCUT2D eigenvalue weighted by Crippen LogP contribution is 2.22. The number of aromatic nitrogens is 4. The summed E-state index contributed by atoms with van der Waals surface area (Å²) in [6.07, 6.45) is 0. The average Bonchev–Trinajstić information content (AvgIpc) is 3.08. The molecule has 0 saturated heterocycles. The summed E-state index contributed by atoms with van der Waals surface area (Å²) < 4.78 is 1.65. The first-order valence-electron chi connectivity index (χ1n) is 8.36. The molecule has 2 aromatic carbocycles. The molecule has 1 N–H and O–H groups in total. The molecule has 28 heavy (non-hydrogen) atoms. The summed E-state index contributed by atoms with van der Waals surface area (Å²) in [6, 6.07) is 16.3. The Morgan fingerprint density at radius 3 is 2.61 bits per heavy atom. The van der Waals surface area contributed by atoms with Gasteiger partial charge in [-0.05, 0) is 43.3 Å². The van der Waals surface area contributed by atoms with E-state index in [4.69, 9.17) is 0 Å². The summed E-state index contributed by atoms with van der Waals surface area (Å²) >= 11 is 0. The second kappa shape index (κ2) is 6.88. The molecular formula is C19H14N6O3. The summed E-state index contributed by atoms with van der Waals surface area (Å²) in [5.74, 6) is 0.324. The summed E-state index contributed by atoms with van der Waals surface area (Å²) in [7, 11) is 0. The molecule has 4 aromatic rings. The maximum absolute atomic E-state index is 12.4. The lowest BCUT2D eigenvalue weighted by Crippen LogP contribution is -2.11. The highest BCUT2D eigenvalue weighted by Gasteiger charge is 2.11. The van der Waals surface area contributed by atoms with Crippen molar-refractivity contribution in [1.82, 2.24) is 19.8 Å². The number of carbonyl (C=O) groups is 1. The largest absolute Gasteiger partial charge is 0.322 e. The summed E-state index contributed by atoms with van der Waals surface area (Å²) in [4.78, 5) is 22.6. The van der Waals surface area contributed by atoms with Crippen molar-refractivity contribution in [2.24, 2.45) is 0 Å². The number of carbonyl (C=O) groups excluding carboxylic acids is 1. The zero-order valence-corrected chi connectivity index (χ0v) is 14.7. The van der Waals surface area contributed by atoms with Crippen LogP contribution in [0.15, 0.2) is 60.7 Å². The predicted molar refractivity (Wildman–Crippen MR) is 102 cm³/mol. The number of benzene rings is 2. The number of nitro benzene ring substituents is 1. The first kappa shape index (κ1) is 17.3. The van der Waals surface area contributed by atoms with Crippen molar-refractivity contribution in [3.63, 3.8) is 0 Å². The Balaban J connectivity index is 1.58. The van der Waals surface area contributed by atoms with E-state index in [0.717, 1.165) is 5.56 Å². The molecule has 0 atom stereocenters. The summed E-state index contributed by atoms with van der Waals surface area (Å²) in [5.41, 5.74) is 3.03. The fourth-order valence-corrected chi connectivity index (χ4v) is 2.74. The minimum Gasteiger partial charge on any atom is -0.322 e. The fraction of sp³-hybridized carbons (Fsp3) is 0.0526. The fourth-order valence-electron chi connectivity index (χ4n) is 2.74. The van der Waals surface area contributed by atoms with Gasteiger partial charge in [0.05, 0.1) is 10.6 Å². The highest BCUT2D eigenvalue weighted by atomic mass is 16.6. The molecule has 0 bridgehead atoms. The van der Waals surface area contributed by atoms with Gasteiger partial charge in [0.2, 0.25) is 0 Å². The van der Waals surface area contributed by atoms with E-state index < -0.39 is 4.92 Å². The number of rotatable bonds is 4. The van der Waals surface area contributed by atoms with E-state index in [-0.39, 0.29) is 11.6 Å². The molecule has 1 amide bonds. The molecule has 0 spiro atoms. The van der Waals surface area contributed by atoms with E-state index in [1.165, 1.54) is 24.3 Å². The first-order valence-corrected chi connectivity index (χ1v) is 8.36. The number of nitro groups is 1. The molecule has 0 fully saturated rings. The number of hydrogen-bond donors (Lipinski definition) is 1. The average molecular weight is 374 g/mol. The lowest BCUT2D eigenvalue weighted by molar-refractivity contribution is -0.384. The number of nitrogens with zero attached hydrogens (tertiary/aromatic N) is 5. The van der Waals surface area contributed by atoms with Gasteiger partial charge in [-0.3, -0.25) is 14.9 Å². The van der Waals surface area contributed by atoms with Crippen LogP contribution in [0.25, 0.3) is 16.9 Å². The van der Waals surface area contributed by atoms with Crippen LogP contribution in [0.3, 0.4) is 0 Å². The maximum Gasteiger partial charge on any atom is 0.269 e. The monoisotopic (exact) mass is 374 g/mol. The zero-order chi connectivity index (χ0) is 19.7. The van der Waals surface area contributed by atoms with Crippen LogP contribution in [-0.4, -0.2) is 30.6 Å².